The Balaban J connectivity index is 0.000000155. The molecule has 0 saturated heterocycles. The van der Waals surface area contributed by atoms with Gasteiger partial charge in [0, 0.05) is 11.6 Å². The zero-order chi connectivity index (χ0) is 15.2. The average molecular weight is 283 g/mol. The molecule has 0 unspecified atom stereocenters. The number of pyridine rings is 1. The molecule has 0 aliphatic carbocycles. The van der Waals surface area contributed by atoms with E-state index in [0.29, 0.717) is 5.52 Å². The van der Waals surface area contributed by atoms with Crippen molar-refractivity contribution in [3.63, 3.8) is 0 Å². The molecular formula is C16H13NO4. The largest absolute Gasteiger partial charge is 0.508 e. The minimum Gasteiger partial charge on any atom is -0.508 e. The van der Waals surface area contributed by atoms with Gasteiger partial charge in [0.1, 0.15) is 17.0 Å². The van der Waals surface area contributed by atoms with E-state index in [9.17, 15) is 9.90 Å². The quantitative estimate of drug-likeness (QED) is 0.638. The summed E-state index contributed by atoms with van der Waals surface area (Å²) < 4.78 is 0. The summed E-state index contributed by atoms with van der Waals surface area (Å²) >= 11 is 0. The number of para-hydroxylation sites is 1. The molecular weight excluding hydrogens is 270 g/mol. The molecule has 3 rings (SSSR count). The first-order chi connectivity index (χ1) is 10.1. The van der Waals surface area contributed by atoms with Crippen LogP contribution in [0.1, 0.15) is 10.4 Å². The van der Waals surface area contributed by atoms with Crippen LogP contribution < -0.4 is 0 Å². The van der Waals surface area contributed by atoms with Gasteiger partial charge in [-0.15, -0.1) is 0 Å². The van der Waals surface area contributed by atoms with Gasteiger partial charge in [0.15, 0.2) is 0 Å². The maximum absolute atomic E-state index is 10.2. The fourth-order valence-electron chi connectivity index (χ4n) is 1.69. The van der Waals surface area contributed by atoms with Crippen LogP contribution in [0.3, 0.4) is 0 Å². The van der Waals surface area contributed by atoms with Crippen LogP contribution in [0.15, 0.2) is 60.8 Å². The van der Waals surface area contributed by atoms with Crippen LogP contribution in [0, 0.1) is 0 Å². The van der Waals surface area contributed by atoms with E-state index in [-0.39, 0.29) is 17.1 Å². The molecule has 2 aromatic carbocycles. The third-order valence-corrected chi connectivity index (χ3v) is 2.73. The molecule has 0 bridgehead atoms. The van der Waals surface area contributed by atoms with Gasteiger partial charge in [0.25, 0.3) is 0 Å². The molecule has 1 aromatic heterocycles. The van der Waals surface area contributed by atoms with Crippen molar-refractivity contribution in [2.75, 3.05) is 0 Å². The molecule has 1 heterocycles. The van der Waals surface area contributed by atoms with Crippen molar-refractivity contribution < 1.29 is 20.1 Å². The highest BCUT2D eigenvalue weighted by atomic mass is 16.4. The number of carboxylic acid groups (broad SMARTS) is 1. The molecule has 0 amide bonds. The zero-order valence-electron chi connectivity index (χ0n) is 11.0. The van der Waals surface area contributed by atoms with E-state index in [0.717, 1.165) is 5.39 Å². The number of rotatable bonds is 1. The van der Waals surface area contributed by atoms with E-state index in [1.165, 1.54) is 24.3 Å². The smallest absolute Gasteiger partial charge is 0.335 e. The van der Waals surface area contributed by atoms with Crippen LogP contribution in [0.5, 0.6) is 11.5 Å². The van der Waals surface area contributed by atoms with E-state index in [2.05, 4.69) is 4.98 Å². The lowest BCUT2D eigenvalue weighted by Crippen LogP contribution is -1.93. The molecule has 106 valence electrons. The Kier molecular flexibility index (Phi) is 4.36. The first-order valence-corrected chi connectivity index (χ1v) is 6.13. The predicted molar refractivity (Wildman–Crippen MR) is 78.5 cm³/mol. The summed E-state index contributed by atoms with van der Waals surface area (Å²) in [6, 6.07) is 14.5. The molecule has 21 heavy (non-hydrogen) atoms. The van der Waals surface area contributed by atoms with Crippen LogP contribution in [-0.4, -0.2) is 26.3 Å². The van der Waals surface area contributed by atoms with Gasteiger partial charge in [0.05, 0.1) is 5.56 Å². The standard InChI is InChI=1S/C9H7NO.C7H6O3/c11-8-5-1-3-7-4-2-6-10-9(7)8;8-6-3-1-5(2-4-6)7(9)10/h1-6,11H;1-4,8H,(H,9,10). The van der Waals surface area contributed by atoms with Crippen LogP contribution in [0.4, 0.5) is 0 Å². The molecule has 0 aliphatic heterocycles. The van der Waals surface area contributed by atoms with Crippen LogP contribution in [0.25, 0.3) is 10.9 Å². The van der Waals surface area contributed by atoms with Gasteiger partial charge in [-0.05, 0) is 36.4 Å². The highest BCUT2D eigenvalue weighted by molar-refractivity contribution is 5.87. The Labute approximate surface area is 120 Å². The van der Waals surface area contributed by atoms with Gasteiger partial charge in [-0.1, -0.05) is 18.2 Å². The van der Waals surface area contributed by atoms with Gasteiger partial charge in [-0.3, -0.25) is 4.98 Å². The number of aromatic carboxylic acids is 1. The molecule has 0 aliphatic rings. The highest BCUT2D eigenvalue weighted by Crippen LogP contribution is 2.20. The summed E-state index contributed by atoms with van der Waals surface area (Å²) in [7, 11) is 0. The Morgan fingerprint density at radius 1 is 0.905 bits per heavy atom. The van der Waals surface area contributed by atoms with Crippen molar-refractivity contribution in [2.24, 2.45) is 0 Å². The SMILES string of the molecule is O=C(O)c1ccc(O)cc1.Oc1cccc2cccnc12. The number of aromatic hydroxyl groups is 2. The monoisotopic (exact) mass is 283 g/mol. The lowest BCUT2D eigenvalue weighted by Gasteiger charge is -1.96. The first kappa shape index (κ1) is 14.3. The second-order valence-electron chi connectivity index (χ2n) is 4.20. The Morgan fingerprint density at radius 2 is 1.57 bits per heavy atom. The fourth-order valence-corrected chi connectivity index (χ4v) is 1.69. The summed E-state index contributed by atoms with van der Waals surface area (Å²) in [6.07, 6.45) is 1.67. The topological polar surface area (TPSA) is 90.7 Å². The Morgan fingerprint density at radius 3 is 2.19 bits per heavy atom. The summed E-state index contributed by atoms with van der Waals surface area (Å²) in [5, 5.41) is 27.4. The molecule has 5 nitrogen and oxygen atoms in total. The number of benzene rings is 2. The second kappa shape index (κ2) is 6.38. The lowest BCUT2D eigenvalue weighted by molar-refractivity contribution is 0.0697. The number of carboxylic acids is 1. The Bertz CT molecular complexity index is 748. The van der Waals surface area contributed by atoms with Crippen molar-refractivity contribution in [1.82, 2.24) is 4.98 Å². The highest BCUT2D eigenvalue weighted by Gasteiger charge is 1.99. The number of carbonyl (C=O) groups is 1. The van der Waals surface area contributed by atoms with E-state index in [1.54, 1.807) is 18.3 Å². The molecule has 0 atom stereocenters. The number of hydrogen-bond acceptors (Lipinski definition) is 4. The molecule has 3 aromatic rings. The number of phenols is 2. The van der Waals surface area contributed by atoms with Gasteiger partial charge in [-0.2, -0.15) is 0 Å². The van der Waals surface area contributed by atoms with Crippen LogP contribution in [0.2, 0.25) is 0 Å². The summed E-state index contributed by atoms with van der Waals surface area (Å²) in [5.74, 6) is -0.673. The number of phenolic OH excluding ortho intramolecular Hbond substituents is 2. The maximum Gasteiger partial charge on any atom is 0.335 e. The van der Waals surface area contributed by atoms with Crippen molar-refractivity contribution in [3.05, 3.63) is 66.4 Å². The lowest BCUT2D eigenvalue weighted by atomic mass is 10.2. The minimum absolute atomic E-state index is 0.0741. The van der Waals surface area contributed by atoms with Crippen molar-refractivity contribution in [2.45, 2.75) is 0 Å². The van der Waals surface area contributed by atoms with E-state index in [1.807, 2.05) is 18.2 Å². The average Bonchev–Trinajstić information content (AvgIpc) is 2.49. The fraction of sp³-hybridized carbons (Fsp3) is 0. The van der Waals surface area contributed by atoms with Gasteiger partial charge >= 0.3 is 5.97 Å². The third-order valence-electron chi connectivity index (χ3n) is 2.73. The van der Waals surface area contributed by atoms with Crippen molar-refractivity contribution >= 4 is 16.9 Å². The summed E-state index contributed by atoms with van der Waals surface area (Å²) in [5.41, 5.74) is 0.841. The molecule has 0 fully saturated rings. The van der Waals surface area contributed by atoms with Gasteiger partial charge in [-0.25, -0.2) is 4.79 Å². The molecule has 0 spiro atoms. The van der Waals surface area contributed by atoms with Gasteiger partial charge in [0.2, 0.25) is 0 Å². The minimum atomic E-state index is -0.986. The number of nitrogens with zero attached hydrogens (tertiary/aromatic N) is 1. The molecule has 5 heteroatoms. The number of hydrogen-bond donors (Lipinski definition) is 3. The summed E-state index contributed by atoms with van der Waals surface area (Å²) in [6.45, 7) is 0. The molecule has 3 N–H and O–H groups in total. The summed E-state index contributed by atoms with van der Waals surface area (Å²) in [4.78, 5) is 14.3. The zero-order valence-corrected chi connectivity index (χ0v) is 11.0. The van der Waals surface area contributed by atoms with E-state index in [4.69, 9.17) is 10.2 Å². The van der Waals surface area contributed by atoms with Crippen molar-refractivity contribution in [1.29, 1.82) is 0 Å². The molecule has 0 radical (unpaired) electrons. The van der Waals surface area contributed by atoms with Crippen LogP contribution in [-0.2, 0) is 0 Å². The second-order valence-corrected chi connectivity index (χ2v) is 4.20. The van der Waals surface area contributed by atoms with Gasteiger partial charge < -0.3 is 15.3 Å². The number of fused-ring (bicyclic) bond motifs is 1. The van der Waals surface area contributed by atoms with E-state index < -0.39 is 5.97 Å². The normalized spacial score (nSPS) is 9.71. The molecule has 0 saturated carbocycles. The Hall–Kier alpha value is -3.08. The van der Waals surface area contributed by atoms with E-state index >= 15 is 0 Å². The van der Waals surface area contributed by atoms with Crippen molar-refractivity contribution in [3.8, 4) is 11.5 Å². The van der Waals surface area contributed by atoms with Crippen LogP contribution >= 0.6 is 0 Å². The third kappa shape index (κ3) is 3.70. The first-order valence-electron chi connectivity index (χ1n) is 6.13. The number of aromatic nitrogens is 1. The maximum atomic E-state index is 10.2. The predicted octanol–water partition coefficient (Wildman–Crippen LogP) is 3.03.